The van der Waals surface area contributed by atoms with Gasteiger partial charge in [-0.1, -0.05) is 30.1 Å². The van der Waals surface area contributed by atoms with E-state index in [9.17, 15) is 4.39 Å². The second-order valence-electron chi connectivity index (χ2n) is 6.47. The summed E-state index contributed by atoms with van der Waals surface area (Å²) in [5.74, 6) is -0.421. The lowest BCUT2D eigenvalue weighted by atomic mass is 9.80. The molecule has 1 fully saturated rings. The van der Waals surface area contributed by atoms with Gasteiger partial charge in [-0.2, -0.15) is 0 Å². The normalized spacial score (nSPS) is 20.5. The zero-order valence-electron chi connectivity index (χ0n) is 12.8. The van der Waals surface area contributed by atoms with E-state index in [0.29, 0.717) is 10.6 Å². The highest BCUT2D eigenvalue weighted by molar-refractivity contribution is 6.36. The maximum Gasteiger partial charge on any atom is 0.142 e. The van der Waals surface area contributed by atoms with Crippen LogP contribution in [0.25, 0.3) is 0 Å². The molecule has 1 unspecified atom stereocenters. The minimum absolute atomic E-state index is 0.0721. The first-order valence-corrected chi connectivity index (χ1v) is 8.13. The predicted octanol–water partition coefficient (Wildman–Crippen LogP) is 4.52. The summed E-state index contributed by atoms with van der Waals surface area (Å²) in [5, 5.41) is 4.11. The van der Waals surface area contributed by atoms with Crippen LogP contribution in [-0.4, -0.2) is 31.6 Å². The molecule has 0 aromatic heterocycles. The van der Waals surface area contributed by atoms with Crippen molar-refractivity contribution in [2.45, 2.75) is 32.7 Å². The van der Waals surface area contributed by atoms with E-state index in [1.54, 1.807) is 6.07 Å². The van der Waals surface area contributed by atoms with E-state index in [-0.39, 0.29) is 16.5 Å². The Morgan fingerprint density at radius 3 is 2.57 bits per heavy atom. The highest BCUT2D eigenvalue weighted by Crippen LogP contribution is 2.34. The lowest BCUT2D eigenvalue weighted by molar-refractivity contribution is 0.134. The molecule has 0 bridgehead atoms. The van der Waals surface area contributed by atoms with Gasteiger partial charge in [-0.05, 0) is 57.5 Å². The fraction of sp³-hybridized carbons (Fsp3) is 0.625. The number of likely N-dealkylation sites (tertiary alicyclic amines) is 1. The van der Waals surface area contributed by atoms with Crippen LogP contribution < -0.4 is 5.32 Å². The molecule has 1 aliphatic rings. The first kappa shape index (κ1) is 17.0. The van der Waals surface area contributed by atoms with Gasteiger partial charge in [0.25, 0.3) is 0 Å². The topological polar surface area (TPSA) is 15.3 Å². The van der Waals surface area contributed by atoms with Gasteiger partial charge in [0.05, 0.1) is 5.02 Å². The van der Waals surface area contributed by atoms with E-state index in [4.69, 9.17) is 23.2 Å². The molecule has 1 saturated heterocycles. The molecule has 2 nitrogen and oxygen atoms in total. The number of benzene rings is 1. The molecule has 0 aliphatic carbocycles. The second kappa shape index (κ2) is 6.82. The van der Waals surface area contributed by atoms with Crippen molar-refractivity contribution >= 4 is 23.2 Å². The molecule has 0 radical (unpaired) electrons. The van der Waals surface area contributed by atoms with Crippen LogP contribution in [0.3, 0.4) is 0 Å². The van der Waals surface area contributed by atoms with E-state index in [1.807, 2.05) is 6.92 Å². The lowest BCUT2D eigenvalue weighted by Gasteiger charge is -2.39. The Kier molecular flexibility index (Phi) is 5.53. The first-order valence-electron chi connectivity index (χ1n) is 7.38. The van der Waals surface area contributed by atoms with Gasteiger partial charge in [0, 0.05) is 23.2 Å². The Labute approximate surface area is 136 Å². The first-order chi connectivity index (χ1) is 9.82. The summed E-state index contributed by atoms with van der Waals surface area (Å²) in [5.41, 5.74) is 0.919. The second-order valence-corrected chi connectivity index (χ2v) is 7.26. The van der Waals surface area contributed by atoms with Gasteiger partial charge in [0.15, 0.2) is 0 Å². The Morgan fingerprint density at radius 2 is 1.95 bits per heavy atom. The number of rotatable bonds is 4. The molecule has 0 saturated carbocycles. The summed E-state index contributed by atoms with van der Waals surface area (Å²) in [7, 11) is 2.15. The lowest BCUT2D eigenvalue weighted by Crippen LogP contribution is -2.42. The van der Waals surface area contributed by atoms with Gasteiger partial charge in [-0.15, -0.1) is 0 Å². The highest BCUT2D eigenvalue weighted by Gasteiger charge is 2.29. The molecular weight excluding hydrogens is 310 g/mol. The molecule has 21 heavy (non-hydrogen) atoms. The van der Waals surface area contributed by atoms with Gasteiger partial charge in [-0.25, -0.2) is 4.39 Å². The minimum Gasteiger partial charge on any atom is -0.310 e. The van der Waals surface area contributed by atoms with Crippen molar-refractivity contribution in [1.82, 2.24) is 10.2 Å². The van der Waals surface area contributed by atoms with Crippen LogP contribution in [0.1, 0.15) is 38.3 Å². The average molecular weight is 333 g/mol. The summed E-state index contributed by atoms with van der Waals surface area (Å²) >= 11 is 12.2. The molecule has 5 heteroatoms. The van der Waals surface area contributed by atoms with E-state index < -0.39 is 5.82 Å². The summed E-state index contributed by atoms with van der Waals surface area (Å²) in [4.78, 5) is 2.35. The van der Waals surface area contributed by atoms with Crippen molar-refractivity contribution in [3.8, 4) is 0 Å². The maximum absolute atomic E-state index is 13.6. The summed E-state index contributed by atoms with van der Waals surface area (Å²) in [6, 6.07) is 2.80. The van der Waals surface area contributed by atoms with Crippen LogP contribution in [0.4, 0.5) is 4.39 Å². The molecule has 1 aromatic carbocycles. The Morgan fingerprint density at radius 1 is 1.33 bits per heavy atom. The largest absolute Gasteiger partial charge is 0.310 e. The third-order valence-electron chi connectivity index (χ3n) is 4.54. The monoisotopic (exact) mass is 332 g/mol. The molecule has 0 amide bonds. The van der Waals surface area contributed by atoms with Crippen molar-refractivity contribution < 1.29 is 4.39 Å². The summed E-state index contributed by atoms with van der Waals surface area (Å²) in [6.45, 7) is 7.40. The number of nitrogens with zero attached hydrogens (tertiary/aromatic N) is 1. The SMILES string of the molecule is CC(NCC1(C)CCN(C)CC1)c1c(Cl)ccc(F)c1Cl. The fourth-order valence-electron chi connectivity index (χ4n) is 2.78. The van der Waals surface area contributed by atoms with Crippen molar-refractivity contribution in [3.05, 3.63) is 33.6 Å². The van der Waals surface area contributed by atoms with Crippen LogP contribution in [0.2, 0.25) is 10.0 Å². The molecule has 1 aliphatic heterocycles. The molecule has 0 spiro atoms. The van der Waals surface area contributed by atoms with Crippen molar-refractivity contribution in [1.29, 1.82) is 0 Å². The zero-order chi connectivity index (χ0) is 15.6. The van der Waals surface area contributed by atoms with Gasteiger partial charge < -0.3 is 10.2 Å². The predicted molar refractivity (Wildman–Crippen MR) is 87.7 cm³/mol. The zero-order valence-corrected chi connectivity index (χ0v) is 14.4. The van der Waals surface area contributed by atoms with E-state index in [2.05, 4.69) is 24.2 Å². The minimum atomic E-state index is -0.421. The third kappa shape index (κ3) is 4.10. The molecule has 1 heterocycles. The van der Waals surface area contributed by atoms with Crippen LogP contribution >= 0.6 is 23.2 Å². The number of halogens is 3. The van der Waals surface area contributed by atoms with Gasteiger partial charge >= 0.3 is 0 Å². The van der Waals surface area contributed by atoms with Gasteiger partial charge in [0.2, 0.25) is 0 Å². The third-order valence-corrected chi connectivity index (χ3v) is 5.26. The average Bonchev–Trinajstić information content (AvgIpc) is 2.45. The number of piperidine rings is 1. The molecule has 118 valence electrons. The van der Waals surface area contributed by atoms with Crippen molar-refractivity contribution in [2.75, 3.05) is 26.7 Å². The maximum atomic E-state index is 13.6. The summed E-state index contributed by atoms with van der Waals surface area (Å²) < 4.78 is 13.6. The highest BCUT2D eigenvalue weighted by atomic mass is 35.5. The smallest absolute Gasteiger partial charge is 0.142 e. The van der Waals surface area contributed by atoms with E-state index >= 15 is 0 Å². The van der Waals surface area contributed by atoms with Crippen LogP contribution in [-0.2, 0) is 0 Å². The number of hydrogen-bond acceptors (Lipinski definition) is 2. The van der Waals surface area contributed by atoms with Crippen molar-refractivity contribution in [3.63, 3.8) is 0 Å². The van der Waals surface area contributed by atoms with Crippen molar-refractivity contribution in [2.24, 2.45) is 5.41 Å². The van der Waals surface area contributed by atoms with Crippen LogP contribution in [0, 0.1) is 11.2 Å². The fourth-order valence-corrected chi connectivity index (χ4v) is 3.47. The Hall–Kier alpha value is -0.350. The summed E-state index contributed by atoms with van der Waals surface area (Å²) in [6.07, 6.45) is 2.32. The number of hydrogen-bond donors (Lipinski definition) is 1. The number of nitrogens with one attached hydrogen (secondary N) is 1. The van der Waals surface area contributed by atoms with Crippen LogP contribution in [0.5, 0.6) is 0 Å². The van der Waals surface area contributed by atoms with E-state index in [0.717, 1.165) is 32.5 Å². The molecule has 1 aromatic rings. The van der Waals surface area contributed by atoms with Gasteiger partial charge in [0.1, 0.15) is 5.82 Å². The van der Waals surface area contributed by atoms with Crippen LogP contribution in [0.15, 0.2) is 12.1 Å². The molecule has 1 N–H and O–H groups in total. The van der Waals surface area contributed by atoms with E-state index in [1.165, 1.54) is 6.07 Å². The molecular formula is C16H23Cl2FN2. The molecule has 2 rings (SSSR count). The quantitative estimate of drug-likeness (QED) is 0.815. The standard InChI is InChI=1S/C16H23Cl2FN2/c1-11(14-12(17)4-5-13(19)15(14)18)20-10-16(2)6-8-21(3)9-7-16/h4-5,11,20H,6-10H2,1-3H3. The molecule has 1 atom stereocenters. The Bertz CT molecular complexity index is 499. The van der Waals surface area contributed by atoms with Gasteiger partial charge in [-0.3, -0.25) is 0 Å². The Balaban J connectivity index is 2.02.